The molecule has 130 valence electrons. The van der Waals surface area contributed by atoms with Gasteiger partial charge in [-0.15, -0.1) is 0 Å². The van der Waals surface area contributed by atoms with Crippen LogP contribution >= 0.6 is 0 Å². The number of alkyl carbamates (subject to hydrolysis) is 1. The second kappa shape index (κ2) is 7.24. The van der Waals surface area contributed by atoms with Crippen molar-refractivity contribution in [3.05, 3.63) is 35.9 Å². The van der Waals surface area contributed by atoms with Gasteiger partial charge in [-0.3, -0.25) is 4.79 Å². The summed E-state index contributed by atoms with van der Waals surface area (Å²) in [7, 11) is 0. The van der Waals surface area contributed by atoms with Crippen molar-refractivity contribution < 1.29 is 19.4 Å². The molecule has 2 aliphatic rings. The van der Waals surface area contributed by atoms with E-state index in [0.29, 0.717) is 17.9 Å². The Morgan fingerprint density at radius 3 is 2.46 bits per heavy atom. The number of nitrogens with one attached hydrogen (secondary N) is 1. The summed E-state index contributed by atoms with van der Waals surface area (Å²) >= 11 is 0. The van der Waals surface area contributed by atoms with E-state index in [1.165, 1.54) is 0 Å². The van der Waals surface area contributed by atoms with Gasteiger partial charge in [-0.25, -0.2) is 4.79 Å². The minimum absolute atomic E-state index is 0.152. The van der Waals surface area contributed by atoms with Crippen molar-refractivity contribution in [1.82, 2.24) is 5.32 Å². The van der Waals surface area contributed by atoms with Gasteiger partial charge >= 0.3 is 12.1 Å². The second-order valence-electron chi connectivity index (χ2n) is 7.33. The highest BCUT2D eigenvalue weighted by Gasteiger charge is 2.46. The fourth-order valence-electron chi connectivity index (χ4n) is 4.20. The fraction of sp³-hybridized carbons (Fsp3) is 0.579. The second-order valence-corrected chi connectivity index (χ2v) is 7.33. The maximum Gasteiger partial charge on any atom is 0.407 e. The molecule has 1 aromatic rings. The first-order chi connectivity index (χ1) is 11.6. The molecule has 24 heavy (non-hydrogen) atoms. The van der Waals surface area contributed by atoms with Crippen molar-refractivity contribution >= 4 is 12.1 Å². The third-order valence-corrected chi connectivity index (χ3v) is 5.59. The van der Waals surface area contributed by atoms with Crippen LogP contribution in [0.4, 0.5) is 4.79 Å². The van der Waals surface area contributed by atoms with Gasteiger partial charge in [0.25, 0.3) is 0 Å². The smallest absolute Gasteiger partial charge is 0.407 e. The van der Waals surface area contributed by atoms with Gasteiger partial charge in [-0.05, 0) is 55.4 Å². The van der Waals surface area contributed by atoms with E-state index in [-0.39, 0.29) is 18.6 Å². The zero-order valence-electron chi connectivity index (χ0n) is 13.9. The third kappa shape index (κ3) is 4.08. The van der Waals surface area contributed by atoms with Gasteiger partial charge in [0, 0.05) is 6.54 Å². The Hall–Kier alpha value is -2.04. The van der Waals surface area contributed by atoms with Gasteiger partial charge in [0.05, 0.1) is 5.92 Å². The van der Waals surface area contributed by atoms with E-state index in [2.05, 4.69) is 5.32 Å². The lowest BCUT2D eigenvalue weighted by atomic mass is 9.54. The van der Waals surface area contributed by atoms with Crippen LogP contribution in [0.15, 0.2) is 30.3 Å². The van der Waals surface area contributed by atoms with Crippen LogP contribution in [0, 0.1) is 17.3 Å². The molecule has 0 heterocycles. The average molecular weight is 331 g/mol. The van der Waals surface area contributed by atoms with Crippen molar-refractivity contribution in [1.29, 1.82) is 0 Å². The minimum atomic E-state index is -0.649. The molecule has 5 nitrogen and oxygen atoms in total. The molecule has 0 bridgehead atoms. The Kier molecular flexibility index (Phi) is 5.07. The van der Waals surface area contributed by atoms with Crippen molar-refractivity contribution in [2.45, 2.75) is 45.1 Å². The maximum atomic E-state index is 11.7. The molecule has 0 saturated heterocycles. The minimum Gasteiger partial charge on any atom is -0.481 e. The molecule has 3 rings (SSSR count). The zero-order valence-corrected chi connectivity index (χ0v) is 13.9. The molecule has 2 N–H and O–H groups in total. The number of ether oxygens (including phenoxy) is 1. The summed E-state index contributed by atoms with van der Waals surface area (Å²) in [5.74, 6) is -0.306. The van der Waals surface area contributed by atoms with E-state index < -0.39 is 5.97 Å². The first kappa shape index (κ1) is 16.8. The van der Waals surface area contributed by atoms with E-state index in [4.69, 9.17) is 9.84 Å². The average Bonchev–Trinajstić information content (AvgIpc) is 2.57. The van der Waals surface area contributed by atoms with Gasteiger partial charge in [0.1, 0.15) is 6.61 Å². The number of carbonyl (C=O) groups excluding carboxylic acids is 1. The molecule has 0 aliphatic heterocycles. The fourth-order valence-corrected chi connectivity index (χ4v) is 4.20. The molecular formula is C19H25NO4. The highest BCUT2D eigenvalue weighted by Crippen LogP contribution is 2.55. The third-order valence-electron chi connectivity index (χ3n) is 5.59. The van der Waals surface area contributed by atoms with Crippen molar-refractivity contribution in [3.8, 4) is 0 Å². The van der Waals surface area contributed by atoms with E-state index in [0.717, 1.165) is 44.1 Å². The van der Waals surface area contributed by atoms with E-state index >= 15 is 0 Å². The van der Waals surface area contributed by atoms with Gasteiger partial charge in [0.2, 0.25) is 0 Å². The Labute approximate surface area is 142 Å². The number of carboxylic acid groups (broad SMARTS) is 1. The SMILES string of the molecule is O=C(NCC1CC2(CCC(C(=O)O)CC2)C1)OCc1ccccc1. The number of benzene rings is 1. The number of rotatable bonds is 5. The van der Waals surface area contributed by atoms with Gasteiger partial charge in [0.15, 0.2) is 0 Å². The lowest BCUT2D eigenvalue weighted by molar-refractivity contribution is -0.144. The number of hydrogen-bond acceptors (Lipinski definition) is 3. The Morgan fingerprint density at radius 1 is 1.17 bits per heavy atom. The Bertz CT molecular complexity index is 570. The lowest BCUT2D eigenvalue weighted by Gasteiger charge is -2.51. The van der Waals surface area contributed by atoms with Gasteiger partial charge in [-0.2, -0.15) is 0 Å². The van der Waals surface area contributed by atoms with Crippen LogP contribution in [0.2, 0.25) is 0 Å². The van der Waals surface area contributed by atoms with Crippen LogP contribution in [-0.4, -0.2) is 23.7 Å². The van der Waals surface area contributed by atoms with E-state index in [9.17, 15) is 9.59 Å². The number of amides is 1. The predicted molar refractivity (Wildman–Crippen MR) is 89.4 cm³/mol. The highest BCUT2D eigenvalue weighted by atomic mass is 16.5. The molecule has 0 aromatic heterocycles. The van der Waals surface area contributed by atoms with Crippen LogP contribution in [0.3, 0.4) is 0 Å². The number of hydrogen-bond donors (Lipinski definition) is 2. The monoisotopic (exact) mass is 331 g/mol. The zero-order chi connectivity index (χ0) is 17.0. The van der Waals surface area contributed by atoms with Gasteiger partial charge < -0.3 is 15.2 Å². The molecule has 1 spiro atoms. The largest absolute Gasteiger partial charge is 0.481 e. The van der Waals surface area contributed by atoms with Crippen LogP contribution in [0.25, 0.3) is 0 Å². The lowest BCUT2D eigenvalue weighted by Crippen LogP contribution is -2.45. The molecule has 2 fully saturated rings. The molecule has 0 radical (unpaired) electrons. The Morgan fingerprint density at radius 2 is 1.83 bits per heavy atom. The number of aliphatic carboxylic acids is 1. The van der Waals surface area contributed by atoms with E-state index in [1.54, 1.807) is 0 Å². The molecule has 1 aromatic carbocycles. The quantitative estimate of drug-likeness (QED) is 0.864. The summed E-state index contributed by atoms with van der Waals surface area (Å²) in [6.07, 6.45) is 5.45. The van der Waals surface area contributed by atoms with Crippen LogP contribution in [0.5, 0.6) is 0 Å². The highest BCUT2D eigenvalue weighted by molar-refractivity contribution is 5.70. The van der Waals surface area contributed by atoms with Crippen molar-refractivity contribution in [2.24, 2.45) is 17.3 Å². The molecule has 1 amide bonds. The Balaban J connectivity index is 1.32. The number of carboxylic acids is 1. The topological polar surface area (TPSA) is 75.6 Å². The van der Waals surface area contributed by atoms with Crippen LogP contribution in [-0.2, 0) is 16.1 Å². The maximum absolute atomic E-state index is 11.7. The van der Waals surface area contributed by atoms with Crippen molar-refractivity contribution in [2.75, 3.05) is 6.54 Å². The first-order valence-corrected chi connectivity index (χ1v) is 8.74. The summed E-state index contributed by atoms with van der Waals surface area (Å²) in [4.78, 5) is 22.8. The van der Waals surface area contributed by atoms with Crippen molar-refractivity contribution in [3.63, 3.8) is 0 Å². The summed E-state index contributed by atoms with van der Waals surface area (Å²) < 4.78 is 5.21. The summed E-state index contributed by atoms with van der Waals surface area (Å²) in [6.45, 7) is 0.940. The normalized spacial score (nSPS) is 28.8. The van der Waals surface area contributed by atoms with Gasteiger partial charge in [-0.1, -0.05) is 30.3 Å². The molecular weight excluding hydrogens is 306 g/mol. The summed E-state index contributed by atoms with van der Waals surface area (Å²) in [6, 6.07) is 9.62. The number of carbonyl (C=O) groups is 2. The molecule has 0 atom stereocenters. The standard InChI is InChI=1S/C19H25NO4/c21-17(22)16-6-8-19(9-7-16)10-15(11-19)12-20-18(23)24-13-14-4-2-1-3-5-14/h1-5,15-16H,6-13H2,(H,20,23)(H,21,22). The van der Waals surface area contributed by atoms with Crippen LogP contribution in [0.1, 0.15) is 44.1 Å². The molecule has 2 saturated carbocycles. The predicted octanol–water partition coefficient (Wildman–Crippen LogP) is 3.58. The summed E-state index contributed by atoms with van der Waals surface area (Å²) in [5, 5.41) is 11.9. The first-order valence-electron chi connectivity index (χ1n) is 8.74. The molecule has 0 unspecified atom stereocenters. The van der Waals surface area contributed by atoms with Crippen LogP contribution < -0.4 is 5.32 Å². The molecule has 5 heteroatoms. The van der Waals surface area contributed by atoms with E-state index in [1.807, 2.05) is 30.3 Å². The molecule has 2 aliphatic carbocycles. The summed E-state index contributed by atoms with van der Waals surface area (Å²) in [5.41, 5.74) is 1.32.